The van der Waals surface area contributed by atoms with Crippen LogP contribution in [0.2, 0.25) is 0 Å². The molecule has 0 saturated carbocycles. The minimum atomic E-state index is -0.909. The molecule has 1 aromatic rings. The lowest BCUT2D eigenvalue weighted by Gasteiger charge is -2.30. The predicted molar refractivity (Wildman–Crippen MR) is 157 cm³/mol. The number of benzene rings is 1. The number of amides is 3. The number of para-hydroxylation sites is 1. The normalized spacial score (nSPS) is 15.2. The van der Waals surface area contributed by atoms with Gasteiger partial charge in [-0.05, 0) is 62.5 Å². The molecule has 0 fully saturated rings. The summed E-state index contributed by atoms with van der Waals surface area (Å²) in [5, 5.41) is 16.8. The van der Waals surface area contributed by atoms with Crippen molar-refractivity contribution in [2.75, 3.05) is 26.9 Å². The van der Waals surface area contributed by atoms with Crippen LogP contribution >= 0.6 is 0 Å². The Bertz CT molecular complexity index is 910. The predicted octanol–water partition coefficient (Wildman–Crippen LogP) is 2.61. The van der Waals surface area contributed by atoms with Gasteiger partial charge in [0, 0.05) is 44.7 Å². The highest BCUT2D eigenvalue weighted by Gasteiger charge is 2.30. The van der Waals surface area contributed by atoms with Crippen LogP contribution in [0, 0.1) is 23.7 Å². The van der Waals surface area contributed by atoms with Crippen LogP contribution in [-0.4, -0.2) is 67.9 Å². The van der Waals surface area contributed by atoms with Crippen molar-refractivity contribution in [3.63, 3.8) is 0 Å². The van der Waals surface area contributed by atoms with Gasteiger partial charge >= 0.3 is 0 Å². The minimum absolute atomic E-state index is 0.0117. The molecular formula is C30H52N4O6. The van der Waals surface area contributed by atoms with E-state index in [9.17, 15) is 19.5 Å². The highest BCUT2D eigenvalue weighted by atomic mass is 16.5. The highest BCUT2D eigenvalue weighted by molar-refractivity contribution is 5.96. The molecule has 10 heteroatoms. The van der Waals surface area contributed by atoms with E-state index < -0.39 is 30.0 Å². The van der Waals surface area contributed by atoms with Crippen LogP contribution in [0.15, 0.2) is 24.3 Å². The summed E-state index contributed by atoms with van der Waals surface area (Å²) >= 11 is 0. The van der Waals surface area contributed by atoms with Gasteiger partial charge in [-0.25, -0.2) is 0 Å². The molecule has 1 rings (SSSR count). The molecule has 40 heavy (non-hydrogen) atoms. The number of carbonyl (C=O) groups excluding carboxylic acids is 3. The molecule has 5 atom stereocenters. The molecule has 7 N–H and O–H groups in total. The molecule has 0 saturated heterocycles. The Kier molecular flexibility index (Phi) is 16.4. The zero-order valence-corrected chi connectivity index (χ0v) is 25.2. The molecule has 0 radical (unpaired) electrons. The van der Waals surface area contributed by atoms with Gasteiger partial charge in [-0.2, -0.15) is 0 Å². The number of primary amides is 1. The van der Waals surface area contributed by atoms with Crippen LogP contribution < -0.4 is 26.8 Å². The summed E-state index contributed by atoms with van der Waals surface area (Å²) in [7, 11) is 1.66. The zero-order chi connectivity index (χ0) is 30.2. The largest absolute Gasteiger partial charge is 0.493 e. The highest BCUT2D eigenvalue weighted by Crippen LogP contribution is 2.24. The third kappa shape index (κ3) is 13.1. The number of hydrogen-bond acceptors (Lipinski definition) is 7. The fourth-order valence-corrected chi connectivity index (χ4v) is 4.55. The van der Waals surface area contributed by atoms with E-state index in [-0.39, 0.29) is 42.4 Å². The molecule has 0 aromatic heterocycles. The van der Waals surface area contributed by atoms with Crippen molar-refractivity contribution in [1.29, 1.82) is 0 Å². The lowest BCUT2D eigenvalue weighted by atomic mass is 9.83. The van der Waals surface area contributed by atoms with Crippen molar-refractivity contribution < 1.29 is 29.0 Å². The van der Waals surface area contributed by atoms with Gasteiger partial charge in [0.15, 0.2) is 0 Å². The second kappa shape index (κ2) is 18.6. The van der Waals surface area contributed by atoms with Gasteiger partial charge in [-0.15, -0.1) is 0 Å². The van der Waals surface area contributed by atoms with Gasteiger partial charge in [-0.1, -0.05) is 39.8 Å². The summed E-state index contributed by atoms with van der Waals surface area (Å²) in [4.78, 5) is 37.0. The Labute approximate surface area is 239 Å². The summed E-state index contributed by atoms with van der Waals surface area (Å²) in [6, 6.07) is 6.19. The van der Waals surface area contributed by atoms with Crippen molar-refractivity contribution in [2.24, 2.45) is 35.1 Å². The number of nitrogens with two attached hydrogens (primary N) is 2. The Balaban J connectivity index is 2.74. The van der Waals surface area contributed by atoms with Crippen molar-refractivity contribution in [3.05, 3.63) is 29.8 Å². The van der Waals surface area contributed by atoms with E-state index in [0.29, 0.717) is 37.5 Å². The van der Waals surface area contributed by atoms with Crippen LogP contribution in [0.5, 0.6) is 5.75 Å². The number of ether oxygens (including phenoxy) is 2. The summed E-state index contributed by atoms with van der Waals surface area (Å²) in [6.07, 6.45) is 1.51. The number of rotatable bonds is 20. The van der Waals surface area contributed by atoms with E-state index >= 15 is 0 Å². The summed E-state index contributed by atoms with van der Waals surface area (Å²) in [5.74, 6) is -0.714. The Morgan fingerprint density at radius 2 is 1.62 bits per heavy atom. The van der Waals surface area contributed by atoms with E-state index in [1.807, 2.05) is 19.9 Å². The fraction of sp³-hybridized carbons (Fsp3) is 0.700. The van der Waals surface area contributed by atoms with E-state index in [1.54, 1.807) is 32.2 Å². The molecule has 0 heterocycles. The van der Waals surface area contributed by atoms with Gasteiger partial charge in [-0.3, -0.25) is 14.4 Å². The van der Waals surface area contributed by atoms with Gasteiger partial charge in [0.25, 0.3) is 5.91 Å². The Hall–Kier alpha value is -2.69. The van der Waals surface area contributed by atoms with Crippen LogP contribution in [0.1, 0.15) is 77.1 Å². The van der Waals surface area contributed by atoms with Crippen LogP contribution in [-0.2, 0) is 14.3 Å². The Morgan fingerprint density at radius 1 is 0.975 bits per heavy atom. The van der Waals surface area contributed by atoms with Crippen molar-refractivity contribution in [1.82, 2.24) is 10.6 Å². The summed E-state index contributed by atoms with van der Waals surface area (Å²) in [6.45, 7) is 11.2. The number of methoxy groups -OCH3 is 1. The molecule has 0 unspecified atom stereocenters. The molecule has 3 amide bonds. The first-order valence-corrected chi connectivity index (χ1v) is 14.4. The maximum absolute atomic E-state index is 13.0. The minimum Gasteiger partial charge on any atom is -0.493 e. The molecule has 228 valence electrons. The van der Waals surface area contributed by atoms with Crippen molar-refractivity contribution >= 4 is 17.7 Å². The monoisotopic (exact) mass is 564 g/mol. The topological polar surface area (TPSA) is 166 Å². The number of hydrogen-bond donors (Lipinski definition) is 5. The molecule has 0 aliphatic carbocycles. The molecule has 10 nitrogen and oxygen atoms in total. The zero-order valence-electron chi connectivity index (χ0n) is 25.2. The van der Waals surface area contributed by atoms with Gasteiger partial charge in [0.05, 0.1) is 18.3 Å². The lowest BCUT2D eigenvalue weighted by molar-refractivity contribution is -0.128. The molecule has 1 aromatic carbocycles. The summed E-state index contributed by atoms with van der Waals surface area (Å²) < 4.78 is 10.9. The van der Waals surface area contributed by atoms with Gasteiger partial charge in [0.1, 0.15) is 5.75 Å². The lowest BCUT2D eigenvalue weighted by Crippen LogP contribution is -2.45. The van der Waals surface area contributed by atoms with E-state index in [2.05, 4.69) is 24.5 Å². The first kappa shape index (κ1) is 35.3. The Morgan fingerprint density at radius 3 is 2.23 bits per heavy atom. The maximum atomic E-state index is 13.0. The third-order valence-electron chi connectivity index (χ3n) is 7.20. The van der Waals surface area contributed by atoms with Gasteiger partial charge in [0.2, 0.25) is 11.8 Å². The van der Waals surface area contributed by atoms with Crippen LogP contribution in [0.4, 0.5) is 0 Å². The standard InChI is InChI=1S/C30H52N4O6/c1-19(2)22(18-33-29(37)23-11-7-8-12-27(23)40-14-10-9-13-39-6)16-25(31)26(35)17-24(20(3)4)30(38)34-21(5)15-28(32)36/h7-8,11-12,19-22,24-26,35H,9-10,13-18,31H2,1-6H3,(H2,32,36)(H,33,37)(H,34,38)/t21-,22+,24-,25+,26+/m1/s1. The average molecular weight is 565 g/mol. The maximum Gasteiger partial charge on any atom is 0.255 e. The average Bonchev–Trinajstić information content (AvgIpc) is 2.88. The summed E-state index contributed by atoms with van der Waals surface area (Å²) in [5.41, 5.74) is 12.1. The van der Waals surface area contributed by atoms with Crippen LogP contribution in [0.3, 0.4) is 0 Å². The second-order valence-corrected chi connectivity index (χ2v) is 11.4. The number of aliphatic hydroxyl groups excluding tert-OH is 1. The quantitative estimate of drug-likeness (QED) is 0.152. The van der Waals surface area contributed by atoms with Gasteiger partial charge < -0.3 is 36.7 Å². The van der Waals surface area contributed by atoms with Crippen molar-refractivity contribution in [2.45, 2.75) is 84.9 Å². The molecule has 0 aliphatic heterocycles. The van der Waals surface area contributed by atoms with Crippen LogP contribution in [0.25, 0.3) is 0 Å². The first-order valence-electron chi connectivity index (χ1n) is 14.4. The smallest absolute Gasteiger partial charge is 0.255 e. The molecular weight excluding hydrogens is 512 g/mol. The SMILES string of the molecule is COCCCCOc1ccccc1C(=O)NC[C@H](C[C@H](N)[C@@H](O)C[C@@H](C(=O)N[C@H](C)CC(N)=O)C(C)C)C(C)C. The molecule has 0 spiro atoms. The number of unbranched alkanes of at least 4 members (excludes halogenated alkanes) is 1. The third-order valence-corrected chi connectivity index (χ3v) is 7.20. The van der Waals surface area contributed by atoms with Crippen molar-refractivity contribution in [3.8, 4) is 5.75 Å². The number of carbonyl (C=O) groups is 3. The molecule has 0 aliphatic rings. The fourth-order valence-electron chi connectivity index (χ4n) is 4.55. The number of aliphatic hydroxyl groups is 1. The van der Waals surface area contributed by atoms with E-state index in [1.165, 1.54) is 0 Å². The molecule has 0 bridgehead atoms. The first-order chi connectivity index (χ1) is 18.9. The van der Waals surface area contributed by atoms with E-state index in [0.717, 1.165) is 12.8 Å². The number of nitrogens with one attached hydrogen (secondary N) is 2. The second-order valence-electron chi connectivity index (χ2n) is 11.4. The van der Waals surface area contributed by atoms with E-state index in [4.69, 9.17) is 20.9 Å².